The first-order chi connectivity index (χ1) is 12.4. The second kappa shape index (κ2) is 9.03. The lowest BCUT2D eigenvalue weighted by atomic mass is 10.1. The molecule has 0 heterocycles. The zero-order chi connectivity index (χ0) is 19.1. The molecule has 5 nitrogen and oxygen atoms in total. The molecule has 0 saturated heterocycles. The Balaban J connectivity index is 1.92. The van der Waals surface area contributed by atoms with Crippen LogP contribution in [0, 0.1) is 13.8 Å². The van der Waals surface area contributed by atoms with Crippen molar-refractivity contribution in [1.82, 2.24) is 0 Å². The minimum Gasteiger partial charge on any atom is -0.493 e. The van der Waals surface area contributed by atoms with Gasteiger partial charge in [0, 0.05) is 11.8 Å². The van der Waals surface area contributed by atoms with Gasteiger partial charge in [-0.3, -0.25) is 4.79 Å². The standard InChI is InChI=1S/C19H21F2NO4/c1-12-4-5-13(2)16(10-12)25-9-8-18(23)22-14-6-7-15(24-3)17(11-14)26-19(20)21/h4-7,10-11,19H,8-9H2,1-3H3,(H,22,23). The maximum absolute atomic E-state index is 12.4. The summed E-state index contributed by atoms with van der Waals surface area (Å²) in [6, 6.07) is 10.1. The van der Waals surface area contributed by atoms with Crippen molar-refractivity contribution in [2.75, 3.05) is 19.0 Å². The molecule has 2 aromatic rings. The highest BCUT2D eigenvalue weighted by atomic mass is 19.3. The van der Waals surface area contributed by atoms with Gasteiger partial charge in [0.25, 0.3) is 0 Å². The molecule has 140 valence electrons. The first-order valence-electron chi connectivity index (χ1n) is 8.02. The maximum atomic E-state index is 12.4. The third kappa shape index (κ3) is 5.61. The highest BCUT2D eigenvalue weighted by Gasteiger charge is 2.12. The predicted molar refractivity (Wildman–Crippen MR) is 94.3 cm³/mol. The smallest absolute Gasteiger partial charge is 0.387 e. The lowest BCUT2D eigenvalue weighted by molar-refractivity contribution is -0.116. The van der Waals surface area contributed by atoms with Crippen molar-refractivity contribution in [1.29, 1.82) is 0 Å². The van der Waals surface area contributed by atoms with Gasteiger partial charge in [-0.05, 0) is 43.2 Å². The number of ether oxygens (including phenoxy) is 3. The molecule has 1 amide bonds. The molecule has 0 aromatic heterocycles. The summed E-state index contributed by atoms with van der Waals surface area (Å²) in [5.41, 5.74) is 2.39. The third-order valence-corrected chi connectivity index (χ3v) is 3.59. The van der Waals surface area contributed by atoms with Gasteiger partial charge in [-0.25, -0.2) is 0 Å². The maximum Gasteiger partial charge on any atom is 0.387 e. The van der Waals surface area contributed by atoms with Crippen LogP contribution in [-0.2, 0) is 4.79 Å². The number of aryl methyl sites for hydroxylation is 2. The Kier molecular flexibility index (Phi) is 6.77. The minimum absolute atomic E-state index is 0.116. The zero-order valence-corrected chi connectivity index (χ0v) is 14.8. The molecule has 2 rings (SSSR count). The van der Waals surface area contributed by atoms with Gasteiger partial charge in [0.2, 0.25) is 5.91 Å². The molecule has 0 atom stereocenters. The zero-order valence-electron chi connectivity index (χ0n) is 14.8. The first kappa shape index (κ1) is 19.5. The average Bonchev–Trinajstić information content (AvgIpc) is 2.57. The van der Waals surface area contributed by atoms with Crippen LogP contribution in [0.2, 0.25) is 0 Å². The Bertz CT molecular complexity index is 765. The number of alkyl halides is 2. The summed E-state index contributed by atoms with van der Waals surface area (Å²) in [5.74, 6) is 0.437. The van der Waals surface area contributed by atoms with Gasteiger partial charge >= 0.3 is 6.61 Å². The van der Waals surface area contributed by atoms with E-state index in [2.05, 4.69) is 10.1 Å². The van der Waals surface area contributed by atoms with Crippen LogP contribution in [0.15, 0.2) is 36.4 Å². The number of amides is 1. The number of methoxy groups -OCH3 is 1. The summed E-state index contributed by atoms with van der Waals surface area (Å²) >= 11 is 0. The molecule has 0 bridgehead atoms. The summed E-state index contributed by atoms with van der Waals surface area (Å²) in [5, 5.41) is 2.62. The van der Waals surface area contributed by atoms with E-state index in [1.54, 1.807) is 6.07 Å². The van der Waals surface area contributed by atoms with E-state index in [-0.39, 0.29) is 30.4 Å². The van der Waals surface area contributed by atoms with Gasteiger partial charge in [-0.15, -0.1) is 0 Å². The molecule has 0 spiro atoms. The third-order valence-electron chi connectivity index (χ3n) is 3.59. The number of anilines is 1. The number of hydrogen-bond acceptors (Lipinski definition) is 4. The second-order valence-corrected chi connectivity index (χ2v) is 5.66. The van der Waals surface area contributed by atoms with Crippen molar-refractivity contribution in [3.8, 4) is 17.2 Å². The predicted octanol–water partition coefficient (Wildman–Crippen LogP) is 4.32. The summed E-state index contributed by atoms with van der Waals surface area (Å²) in [6.45, 7) is 1.10. The average molecular weight is 365 g/mol. The van der Waals surface area contributed by atoms with Gasteiger partial charge in [0.1, 0.15) is 5.75 Å². The second-order valence-electron chi connectivity index (χ2n) is 5.66. The number of benzene rings is 2. The number of halogens is 2. The van der Waals surface area contributed by atoms with Crippen molar-refractivity contribution >= 4 is 11.6 Å². The van der Waals surface area contributed by atoms with E-state index in [9.17, 15) is 13.6 Å². The monoisotopic (exact) mass is 365 g/mol. The molecule has 1 N–H and O–H groups in total. The van der Waals surface area contributed by atoms with E-state index in [1.807, 2.05) is 32.0 Å². The van der Waals surface area contributed by atoms with E-state index < -0.39 is 6.61 Å². The fraction of sp³-hybridized carbons (Fsp3) is 0.316. The van der Waals surface area contributed by atoms with Gasteiger partial charge in [0.05, 0.1) is 20.1 Å². The van der Waals surface area contributed by atoms with Crippen molar-refractivity contribution in [2.45, 2.75) is 26.9 Å². The van der Waals surface area contributed by atoms with Crippen LogP contribution in [0.25, 0.3) is 0 Å². The molecule has 0 fully saturated rings. The summed E-state index contributed by atoms with van der Waals surface area (Å²) < 4.78 is 39.8. The quantitative estimate of drug-likeness (QED) is 0.757. The van der Waals surface area contributed by atoms with Gasteiger partial charge in [-0.1, -0.05) is 12.1 Å². The van der Waals surface area contributed by atoms with Crippen LogP contribution in [-0.4, -0.2) is 26.2 Å². The Morgan fingerprint density at radius 1 is 1.08 bits per heavy atom. The van der Waals surface area contributed by atoms with Crippen LogP contribution in [0.5, 0.6) is 17.2 Å². The van der Waals surface area contributed by atoms with Crippen molar-refractivity contribution in [2.24, 2.45) is 0 Å². The van der Waals surface area contributed by atoms with E-state index in [0.717, 1.165) is 16.9 Å². The molecule has 0 aliphatic rings. The molecule has 0 saturated carbocycles. The molecule has 7 heteroatoms. The number of rotatable bonds is 8. The van der Waals surface area contributed by atoms with Crippen LogP contribution in [0.1, 0.15) is 17.5 Å². The van der Waals surface area contributed by atoms with Gasteiger partial charge in [0.15, 0.2) is 11.5 Å². The lowest BCUT2D eigenvalue weighted by Crippen LogP contribution is -2.15. The fourth-order valence-corrected chi connectivity index (χ4v) is 2.28. The van der Waals surface area contributed by atoms with Crippen LogP contribution >= 0.6 is 0 Å². The van der Waals surface area contributed by atoms with E-state index in [0.29, 0.717) is 5.69 Å². The largest absolute Gasteiger partial charge is 0.493 e. The van der Waals surface area contributed by atoms with E-state index >= 15 is 0 Å². The molecule has 0 aliphatic heterocycles. The SMILES string of the molecule is COc1ccc(NC(=O)CCOc2cc(C)ccc2C)cc1OC(F)F. The Morgan fingerprint density at radius 3 is 2.54 bits per heavy atom. The normalized spacial score (nSPS) is 10.5. The molecule has 0 unspecified atom stereocenters. The van der Waals surface area contributed by atoms with Crippen molar-refractivity contribution < 1.29 is 27.8 Å². The minimum atomic E-state index is -2.99. The topological polar surface area (TPSA) is 56.8 Å². The number of carbonyl (C=O) groups is 1. The van der Waals surface area contributed by atoms with Crippen molar-refractivity contribution in [3.05, 3.63) is 47.5 Å². The molecule has 26 heavy (non-hydrogen) atoms. The Labute approximate surface area is 150 Å². The lowest BCUT2D eigenvalue weighted by Gasteiger charge is -2.13. The van der Waals surface area contributed by atoms with Crippen molar-refractivity contribution in [3.63, 3.8) is 0 Å². The van der Waals surface area contributed by atoms with Crippen LogP contribution in [0.4, 0.5) is 14.5 Å². The van der Waals surface area contributed by atoms with Crippen LogP contribution in [0.3, 0.4) is 0 Å². The highest BCUT2D eigenvalue weighted by molar-refractivity contribution is 5.91. The van der Waals surface area contributed by atoms with Crippen LogP contribution < -0.4 is 19.5 Å². The number of nitrogens with one attached hydrogen (secondary N) is 1. The highest BCUT2D eigenvalue weighted by Crippen LogP contribution is 2.31. The fourth-order valence-electron chi connectivity index (χ4n) is 2.28. The summed E-state index contributed by atoms with van der Waals surface area (Å²) in [6.07, 6.45) is 0.116. The molecule has 0 aliphatic carbocycles. The van der Waals surface area contributed by atoms with Gasteiger partial charge in [-0.2, -0.15) is 8.78 Å². The Hall–Kier alpha value is -2.83. The Morgan fingerprint density at radius 2 is 1.85 bits per heavy atom. The van der Waals surface area contributed by atoms with E-state index in [1.165, 1.54) is 19.2 Å². The summed E-state index contributed by atoms with van der Waals surface area (Å²) in [4.78, 5) is 12.0. The molecular formula is C19H21F2NO4. The molecule has 0 radical (unpaired) electrons. The van der Waals surface area contributed by atoms with Gasteiger partial charge < -0.3 is 19.5 Å². The van der Waals surface area contributed by atoms with E-state index in [4.69, 9.17) is 9.47 Å². The number of carbonyl (C=O) groups excluding carboxylic acids is 1. The number of hydrogen-bond donors (Lipinski definition) is 1. The molecule has 2 aromatic carbocycles. The summed E-state index contributed by atoms with van der Waals surface area (Å²) in [7, 11) is 1.34. The molecular weight excluding hydrogens is 344 g/mol. The first-order valence-corrected chi connectivity index (χ1v) is 8.02.